The minimum absolute atomic E-state index is 0.0280. The van der Waals surface area contributed by atoms with Gasteiger partial charge in [0, 0.05) is 12.5 Å². The molecule has 98 valence electrons. The molecule has 0 atom stereocenters. The van der Waals surface area contributed by atoms with Gasteiger partial charge in [-0.2, -0.15) is 0 Å². The van der Waals surface area contributed by atoms with Gasteiger partial charge in [0.05, 0.1) is 23.4 Å². The van der Waals surface area contributed by atoms with Crippen molar-refractivity contribution in [2.24, 2.45) is 0 Å². The number of carbonyl (C=O) groups is 1. The molecule has 0 aromatic carbocycles. The molecule has 0 spiro atoms. The number of thiazole rings is 1. The zero-order valence-electron chi connectivity index (χ0n) is 10.1. The summed E-state index contributed by atoms with van der Waals surface area (Å²) < 4.78 is 4.84. The predicted octanol–water partition coefficient (Wildman–Crippen LogP) is 1.43. The van der Waals surface area contributed by atoms with E-state index in [2.05, 4.69) is 27.3 Å². The summed E-state index contributed by atoms with van der Waals surface area (Å²) in [4.78, 5) is 16.5. The van der Waals surface area contributed by atoms with E-state index >= 15 is 0 Å². The lowest BCUT2D eigenvalue weighted by atomic mass is 10.4. The molecule has 7 heteroatoms. The van der Waals surface area contributed by atoms with Crippen LogP contribution in [0.2, 0.25) is 0 Å². The molecule has 0 bridgehead atoms. The van der Waals surface area contributed by atoms with E-state index < -0.39 is 5.91 Å². The molecule has 0 aliphatic rings. The number of aromatic nitrogens is 2. The van der Waals surface area contributed by atoms with Crippen LogP contribution in [-0.4, -0.2) is 27.8 Å². The molecule has 0 fully saturated rings. The summed E-state index contributed by atoms with van der Waals surface area (Å²) in [6, 6.07) is 1.55. The SMILES string of the molecule is Cc1cc(C(=O)Nc2ncc(C#CCCO)s2)on1. The van der Waals surface area contributed by atoms with Crippen LogP contribution in [0.4, 0.5) is 5.13 Å². The molecular formula is C12H11N3O3S. The second kappa shape index (κ2) is 6.13. The van der Waals surface area contributed by atoms with Gasteiger partial charge in [0.25, 0.3) is 5.91 Å². The molecule has 1 amide bonds. The Bertz CT molecular complexity index is 636. The molecular weight excluding hydrogens is 266 g/mol. The van der Waals surface area contributed by atoms with E-state index in [-0.39, 0.29) is 12.4 Å². The highest BCUT2D eigenvalue weighted by molar-refractivity contribution is 7.16. The van der Waals surface area contributed by atoms with Crippen molar-refractivity contribution in [3.63, 3.8) is 0 Å². The summed E-state index contributed by atoms with van der Waals surface area (Å²) in [5.74, 6) is 5.37. The van der Waals surface area contributed by atoms with Crippen molar-refractivity contribution in [1.82, 2.24) is 10.1 Å². The lowest BCUT2D eigenvalue weighted by Gasteiger charge is -1.95. The summed E-state index contributed by atoms with van der Waals surface area (Å²) in [6.45, 7) is 1.76. The molecule has 2 heterocycles. The number of aliphatic hydroxyl groups is 1. The van der Waals surface area contributed by atoms with E-state index in [0.29, 0.717) is 17.2 Å². The van der Waals surface area contributed by atoms with Crippen LogP contribution in [-0.2, 0) is 0 Å². The molecule has 2 aromatic rings. The number of nitrogens with zero attached hydrogens (tertiary/aromatic N) is 2. The Morgan fingerprint density at radius 3 is 3.16 bits per heavy atom. The number of rotatable bonds is 3. The predicted molar refractivity (Wildman–Crippen MR) is 69.9 cm³/mol. The van der Waals surface area contributed by atoms with Crippen LogP contribution < -0.4 is 5.32 Å². The molecule has 0 unspecified atom stereocenters. The monoisotopic (exact) mass is 277 g/mol. The highest BCUT2D eigenvalue weighted by Crippen LogP contribution is 2.18. The number of hydrogen-bond acceptors (Lipinski definition) is 6. The zero-order valence-corrected chi connectivity index (χ0v) is 11.0. The van der Waals surface area contributed by atoms with Gasteiger partial charge in [-0.05, 0) is 6.92 Å². The Morgan fingerprint density at radius 2 is 2.47 bits per heavy atom. The van der Waals surface area contributed by atoms with Gasteiger partial charge in [0.2, 0.25) is 5.76 Å². The average Bonchev–Trinajstić information content (AvgIpc) is 2.99. The Kier molecular flexibility index (Phi) is 4.28. The molecule has 0 aliphatic heterocycles. The van der Waals surface area contributed by atoms with Crippen molar-refractivity contribution in [3.8, 4) is 11.8 Å². The van der Waals surface area contributed by atoms with Gasteiger partial charge in [0.1, 0.15) is 0 Å². The van der Waals surface area contributed by atoms with Crippen molar-refractivity contribution in [2.45, 2.75) is 13.3 Å². The number of aryl methyl sites for hydroxylation is 1. The molecule has 2 aromatic heterocycles. The topological polar surface area (TPSA) is 88.2 Å². The van der Waals surface area contributed by atoms with Gasteiger partial charge >= 0.3 is 0 Å². The van der Waals surface area contributed by atoms with E-state index in [1.165, 1.54) is 11.3 Å². The van der Waals surface area contributed by atoms with Crippen LogP contribution in [0.1, 0.15) is 27.5 Å². The number of aliphatic hydroxyl groups excluding tert-OH is 1. The molecule has 0 saturated carbocycles. The van der Waals surface area contributed by atoms with Gasteiger partial charge < -0.3 is 9.63 Å². The third-order valence-corrected chi connectivity index (χ3v) is 2.85. The van der Waals surface area contributed by atoms with Crippen molar-refractivity contribution in [2.75, 3.05) is 11.9 Å². The maximum Gasteiger partial charge on any atom is 0.296 e. The first kappa shape index (κ1) is 13.3. The highest BCUT2D eigenvalue weighted by Gasteiger charge is 2.13. The minimum Gasteiger partial charge on any atom is -0.395 e. The fourth-order valence-corrected chi connectivity index (χ4v) is 1.91. The van der Waals surface area contributed by atoms with E-state index in [1.54, 1.807) is 19.2 Å². The molecule has 6 nitrogen and oxygen atoms in total. The Labute approximate surface area is 113 Å². The third-order valence-electron chi connectivity index (χ3n) is 2.03. The summed E-state index contributed by atoms with van der Waals surface area (Å²) in [5.41, 5.74) is 0.639. The van der Waals surface area contributed by atoms with E-state index in [9.17, 15) is 4.79 Å². The summed E-state index contributed by atoms with van der Waals surface area (Å²) in [6.07, 6.45) is 1.98. The Hall–Kier alpha value is -2.17. The minimum atomic E-state index is -0.398. The number of hydrogen-bond donors (Lipinski definition) is 2. The molecule has 2 rings (SSSR count). The maximum atomic E-state index is 11.7. The van der Waals surface area contributed by atoms with E-state index in [0.717, 1.165) is 4.88 Å². The fourth-order valence-electron chi connectivity index (χ4n) is 1.22. The third kappa shape index (κ3) is 3.64. The average molecular weight is 277 g/mol. The Balaban J connectivity index is 2.00. The van der Waals surface area contributed by atoms with Crippen LogP contribution in [0, 0.1) is 18.8 Å². The van der Waals surface area contributed by atoms with Crippen LogP contribution in [0.5, 0.6) is 0 Å². The number of carbonyl (C=O) groups excluding carboxylic acids is 1. The largest absolute Gasteiger partial charge is 0.395 e. The highest BCUT2D eigenvalue weighted by atomic mass is 32.1. The lowest BCUT2D eigenvalue weighted by Crippen LogP contribution is -2.10. The van der Waals surface area contributed by atoms with Gasteiger partial charge in [0.15, 0.2) is 5.13 Å². The quantitative estimate of drug-likeness (QED) is 0.828. The Morgan fingerprint density at radius 1 is 1.63 bits per heavy atom. The van der Waals surface area contributed by atoms with Crippen LogP contribution in [0.3, 0.4) is 0 Å². The van der Waals surface area contributed by atoms with Crippen molar-refractivity contribution in [3.05, 3.63) is 28.6 Å². The first-order valence-electron chi connectivity index (χ1n) is 5.49. The maximum absolute atomic E-state index is 11.7. The second-order valence-corrected chi connectivity index (χ2v) is 4.62. The molecule has 0 aliphatic carbocycles. The molecule has 2 N–H and O–H groups in total. The molecule has 19 heavy (non-hydrogen) atoms. The standard InChI is InChI=1S/C12H11N3O3S/c1-8-6-10(18-15-8)11(17)14-12-13-7-9(19-12)4-2-3-5-16/h6-7,16H,3,5H2,1H3,(H,13,14,17). The van der Waals surface area contributed by atoms with Gasteiger partial charge in [-0.25, -0.2) is 4.98 Å². The van der Waals surface area contributed by atoms with Gasteiger partial charge in [-0.15, -0.1) is 0 Å². The summed E-state index contributed by atoms with van der Waals surface area (Å²) >= 11 is 1.25. The van der Waals surface area contributed by atoms with Crippen molar-refractivity contribution in [1.29, 1.82) is 0 Å². The van der Waals surface area contributed by atoms with E-state index in [4.69, 9.17) is 9.63 Å². The summed E-state index contributed by atoms with van der Waals surface area (Å²) in [5, 5.41) is 15.3. The smallest absolute Gasteiger partial charge is 0.296 e. The van der Waals surface area contributed by atoms with Gasteiger partial charge in [-0.1, -0.05) is 28.3 Å². The first-order chi connectivity index (χ1) is 9.19. The number of anilines is 1. The lowest BCUT2D eigenvalue weighted by molar-refractivity contribution is 0.0988. The second-order valence-electron chi connectivity index (χ2n) is 3.59. The fraction of sp³-hybridized carbons (Fsp3) is 0.250. The first-order valence-corrected chi connectivity index (χ1v) is 6.31. The van der Waals surface area contributed by atoms with Crippen molar-refractivity contribution >= 4 is 22.4 Å². The van der Waals surface area contributed by atoms with Crippen molar-refractivity contribution < 1.29 is 14.4 Å². The van der Waals surface area contributed by atoms with Crippen LogP contribution >= 0.6 is 11.3 Å². The molecule has 0 radical (unpaired) electrons. The normalized spacial score (nSPS) is 9.79. The van der Waals surface area contributed by atoms with Gasteiger partial charge in [-0.3, -0.25) is 10.1 Å². The summed E-state index contributed by atoms with van der Waals surface area (Å²) in [7, 11) is 0. The van der Waals surface area contributed by atoms with Crippen LogP contribution in [0.15, 0.2) is 16.8 Å². The van der Waals surface area contributed by atoms with Crippen LogP contribution in [0.25, 0.3) is 0 Å². The molecule has 0 saturated heterocycles. The zero-order chi connectivity index (χ0) is 13.7. The number of amides is 1. The van der Waals surface area contributed by atoms with E-state index in [1.807, 2.05) is 0 Å². The number of nitrogens with one attached hydrogen (secondary N) is 1.